The van der Waals surface area contributed by atoms with Gasteiger partial charge in [0, 0.05) is 23.7 Å². The Bertz CT molecular complexity index is 1200. The smallest absolute Gasteiger partial charge is 0.491 e. The minimum absolute atomic E-state index is 0.130. The molecule has 1 unspecified atom stereocenters. The third kappa shape index (κ3) is 4.50. The van der Waals surface area contributed by atoms with E-state index in [-0.39, 0.29) is 29.8 Å². The van der Waals surface area contributed by atoms with Gasteiger partial charge in [-0.15, -0.1) is 13.2 Å². The largest absolute Gasteiger partial charge is 0.573 e. The lowest BCUT2D eigenvalue weighted by Crippen LogP contribution is -2.50. The lowest BCUT2D eigenvalue weighted by Gasteiger charge is -2.39. The summed E-state index contributed by atoms with van der Waals surface area (Å²) in [6, 6.07) is 12.0. The molecule has 2 aromatic carbocycles. The standard InChI is InChI=1S/C23H16F4N2O4/c24-17-12-16(7-8-18(17)33-23(25,26)27)22(9-11-32-19-2-1-10-28-20(19)22)29-21(31)15-5-3-14(13-30)4-6-15/h1-8,10,12-13H,9,11H2,(H,29,31). The predicted octanol–water partition coefficient (Wildman–Crippen LogP) is 4.39. The second-order valence-corrected chi connectivity index (χ2v) is 7.24. The first kappa shape index (κ1) is 22.3. The average molecular weight is 460 g/mol. The number of aldehydes is 1. The van der Waals surface area contributed by atoms with Gasteiger partial charge in [-0.2, -0.15) is 0 Å². The van der Waals surface area contributed by atoms with Crippen LogP contribution in [0.1, 0.15) is 38.4 Å². The van der Waals surface area contributed by atoms with Crippen LogP contribution in [0.5, 0.6) is 11.5 Å². The first-order chi connectivity index (χ1) is 15.7. The Labute approximate surface area is 185 Å². The lowest BCUT2D eigenvalue weighted by molar-refractivity contribution is -0.275. The van der Waals surface area contributed by atoms with Crippen LogP contribution in [0.3, 0.4) is 0 Å². The van der Waals surface area contributed by atoms with Crippen molar-refractivity contribution in [3.63, 3.8) is 0 Å². The molecule has 0 bridgehead atoms. The second-order valence-electron chi connectivity index (χ2n) is 7.24. The molecule has 3 aromatic rings. The molecule has 1 amide bonds. The van der Waals surface area contributed by atoms with Crippen molar-refractivity contribution in [1.82, 2.24) is 10.3 Å². The van der Waals surface area contributed by atoms with E-state index in [0.717, 1.165) is 12.1 Å². The van der Waals surface area contributed by atoms with Crippen molar-refractivity contribution >= 4 is 12.2 Å². The number of fused-ring (bicyclic) bond motifs is 1. The van der Waals surface area contributed by atoms with Gasteiger partial charge in [0.05, 0.1) is 6.61 Å². The number of hydrogen-bond acceptors (Lipinski definition) is 5. The van der Waals surface area contributed by atoms with E-state index < -0.39 is 29.4 Å². The molecule has 33 heavy (non-hydrogen) atoms. The number of alkyl halides is 3. The summed E-state index contributed by atoms with van der Waals surface area (Å²) in [7, 11) is 0. The number of rotatable bonds is 5. The van der Waals surface area contributed by atoms with E-state index in [0.29, 0.717) is 17.6 Å². The molecular formula is C23H16F4N2O4. The minimum Gasteiger partial charge on any atom is -0.491 e. The topological polar surface area (TPSA) is 77.5 Å². The van der Waals surface area contributed by atoms with Crippen LogP contribution in [0, 0.1) is 5.82 Å². The van der Waals surface area contributed by atoms with Crippen LogP contribution in [-0.4, -0.2) is 30.1 Å². The Morgan fingerprint density at radius 3 is 2.58 bits per heavy atom. The fraction of sp³-hybridized carbons (Fsp3) is 0.174. The number of carbonyl (C=O) groups is 2. The summed E-state index contributed by atoms with van der Waals surface area (Å²) < 4.78 is 61.6. The molecule has 1 N–H and O–H groups in total. The van der Waals surface area contributed by atoms with Gasteiger partial charge in [-0.05, 0) is 42.0 Å². The average Bonchev–Trinajstić information content (AvgIpc) is 2.80. The highest BCUT2D eigenvalue weighted by atomic mass is 19.4. The summed E-state index contributed by atoms with van der Waals surface area (Å²) >= 11 is 0. The predicted molar refractivity (Wildman–Crippen MR) is 108 cm³/mol. The molecule has 1 aliphatic heterocycles. The number of pyridine rings is 1. The molecule has 4 rings (SSSR count). The van der Waals surface area contributed by atoms with Gasteiger partial charge in [-0.3, -0.25) is 14.6 Å². The Kier molecular flexibility index (Phi) is 5.75. The van der Waals surface area contributed by atoms with Crippen molar-refractivity contribution in [1.29, 1.82) is 0 Å². The van der Waals surface area contributed by atoms with Gasteiger partial charge in [0.25, 0.3) is 5.91 Å². The maximum absolute atomic E-state index is 14.6. The fourth-order valence-corrected chi connectivity index (χ4v) is 3.69. The zero-order valence-electron chi connectivity index (χ0n) is 16.9. The van der Waals surface area contributed by atoms with Crippen molar-refractivity contribution in [2.75, 3.05) is 6.61 Å². The molecule has 1 aliphatic rings. The van der Waals surface area contributed by atoms with E-state index in [1.807, 2.05) is 0 Å². The molecule has 1 aromatic heterocycles. The summed E-state index contributed by atoms with van der Waals surface area (Å²) in [5.74, 6) is -2.46. The molecule has 2 heterocycles. The van der Waals surface area contributed by atoms with Gasteiger partial charge < -0.3 is 14.8 Å². The van der Waals surface area contributed by atoms with E-state index in [1.54, 1.807) is 12.1 Å². The van der Waals surface area contributed by atoms with Crippen LogP contribution in [-0.2, 0) is 5.54 Å². The summed E-state index contributed by atoms with van der Waals surface area (Å²) in [5.41, 5.74) is -0.357. The van der Waals surface area contributed by atoms with Crippen LogP contribution >= 0.6 is 0 Å². The van der Waals surface area contributed by atoms with Crippen LogP contribution < -0.4 is 14.8 Å². The number of aromatic nitrogens is 1. The summed E-state index contributed by atoms with van der Waals surface area (Å²) in [5, 5.41) is 2.85. The van der Waals surface area contributed by atoms with Gasteiger partial charge in [0.1, 0.15) is 23.3 Å². The molecule has 0 saturated carbocycles. The highest BCUT2D eigenvalue weighted by molar-refractivity contribution is 5.95. The zero-order chi connectivity index (χ0) is 23.6. The van der Waals surface area contributed by atoms with E-state index in [2.05, 4.69) is 15.0 Å². The second kappa shape index (κ2) is 8.53. The van der Waals surface area contributed by atoms with E-state index in [1.165, 1.54) is 36.5 Å². The number of halogens is 4. The molecule has 0 fully saturated rings. The first-order valence-electron chi connectivity index (χ1n) is 9.74. The van der Waals surface area contributed by atoms with E-state index in [4.69, 9.17) is 4.74 Å². The Balaban J connectivity index is 1.79. The Morgan fingerprint density at radius 2 is 1.91 bits per heavy atom. The zero-order valence-corrected chi connectivity index (χ0v) is 16.9. The van der Waals surface area contributed by atoms with Gasteiger partial charge in [0.2, 0.25) is 0 Å². The van der Waals surface area contributed by atoms with Crippen molar-refractivity contribution in [2.45, 2.75) is 18.3 Å². The van der Waals surface area contributed by atoms with Gasteiger partial charge in [0.15, 0.2) is 11.6 Å². The number of ether oxygens (including phenoxy) is 2. The fourth-order valence-electron chi connectivity index (χ4n) is 3.69. The van der Waals surface area contributed by atoms with Crippen LogP contribution in [0.25, 0.3) is 0 Å². The molecule has 0 spiro atoms. The van der Waals surface area contributed by atoms with Crippen molar-refractivity contribution in [3.8, 4) is 11.5 Å². The molecule has 1 atom stereocenters. The molecule has 0 radical (unpaired) electrons. The van der Waals surface area contributed by atoms with Crippen LogP contribution in [0.2, 0.25) is 0 Å². The summed E-state index contributed by atoms with van der Waals surface area (Å²) in [6.45, 7) is 0.130. The normalized spacial score (nSPS) is 17.5. The molecular weight excluding hydrogens is 444 g/mol. The Hall–Kier alpha value is -3.95. The summed E-state index contributed by atoms with van der Waals surface area (Å²) in [4.78, 5) is 28.3. The molecule has 170 valence electrons. The van der Waals surface area contributed by atoms with Crippen molar-refractivity contribution in [2.24, 2.45) is 0 Å². The molecule has 0 aliphatic carbocycles. The van der Waals surface area contributed by atoms with Crippen LogP contribution in [0.4, 0.5) is 17.6 Å². The Morgan fingerprint density at radius 1 is 1.15 bits per heavy atom. The quantitative estimate of drug-likeness (QED) is 0.452. The minimum atomic E-state index is -5.06. The van der Waals surface area contributed by atoms with Gasteiger partial charge in [-0.1, -0.05) is 18.2 Å². The first-order valence-corrected chi connectivity index (χ1v) is 9.74. The van der Waals surface area contributed by atoms with Crippen molar-refractivity contribution < 1.29 is 36.6 Å². The number of nitrogens with one attached hydrogen (secondary N) is 1. The number of hydrogen-bond donors (Lipinski definition) is 1. The molecule has 0 saturated heterocycles. The SMILES string of the molecule is O=Cc1ccc(C(=O)NC2(c3ccc(OC(F)(F)F)c(F)c3)CCOc3cccnc32)cc1. The molecule has 6 nitrogen and oxygen atoms in total. The highest BCUT2D eigenvalue weighted by Gasteiger charge is 2.43. The van der Waals surface area contributed by atoms with Gasteiger partial charge >= 0.3 is 6.36 Å². The van der Waals surface area contributed by atoms with Crippen molar-refractivity contribution in [3.05, 3.63) is 89.0 Å². The number of amides is 1. The van der Waals surface area contributed by atoms with Gasteiger partial charge in [-0.25, -0.2) is 4.39 Å². The third-order valence-electron chi connectivity index (χ3n) is 5.20. The maximum Gasteiger partial charge on any atom is 0.573 e. The van der Waals surface area contributed by atoms with E-state index >= 15 is 0 Å². The maximum atomic E-state index is 14.6. The number of carbonyl (C=O) groups excluding carboxylic acids is 2. The monoisotopic (exact) mass is 460 g/mol. The highest BCUT2D eigenvalue weighted by Crippen LogP contribution is 2.42. The molecule has 10 heteroatoms. The van der Waals surface area contributed by atoms with E-state index in [9.17, 15) is 27.2 Å². The lowest BCUT2D eigenvalue weighted by atomic mass is 9.81. The third-order valence-corrected chi connectivity index (χ3v) is 5.20. The van der Waals surface area contributed by atoms with Crippen LogP contribution in [0.15, 0.2) is 60.8 Å². The number of benzene rings is 2. The summed E-state index contributed by atoms with van der Waals surface area (Å²) in [6.07, 6.45) is -2.83. The number of nitrogens with zero attached hydrogens (tertiary/aromatic N) is 1.